The van der Waals surface area contributed by atoms with Gasteiger partial charge in [-0.3, -0.25) is 4.79 Å². The van der Waals surface area contributed by atoms with Crippen molar-refractivity contribution in [3.8, 4) is 0 Å². The molecule has 0 saturated heterocycles. The minimum Gasteiger partial charge on any atom is -0.360 e. The van der Waals surface area contributed by atoms with Crippen molar-refractivity contribution in [3.63, 3.8) is 0 Å². The van der Waals surface area contributed by atoms with Crippen LogP contribution in [0.3, 0.4) is 0 Å². The van der Waals surface area contributed by atoms with Crippen molar-refractivity contribution in [1.29, 1.82) is 0 Å². The van der Waals surface area contributed by atoms with E-state index in [0.717, 1.165) is 20.3 Å². The summed E-state index contributed by atoms with van der Waals surface area (Å²) in [4.78, 5) is 13.9. The first-order chi connectivity index (χ1) is 6.55. The molecule has 0 atom stereocenters. The molecule has 6 nitrogen and oxygen atoms in total. The molecule has 0 aliphatic rings. The highest BCUT2D eigenvalue weighted by Gasteiger charge is 2.42. The zero-order chi connectivity index (χ0) is 11.2. The average molecular weight is 218 g/mol. The van der Waals surface area contributed by atoms with E-state index in [9.17, 15) is 9.36 Å². The van der Waals surface area contributed by atoms with E-state index in [-0.39, 0.29) is 0 Å². The number of carbonyl (C=O) groups is 1. The van der Waals surface area contributed by atoms with Gasteiger partial charge in [0.05, 0.1) is 0 Å². The molecule has 0 unspecified atom stereocenters. The molecule has 0 N–H and O–H groups in total. The predicted molar refractivity (Wildman–Crippen MR) is 50.1 cm³/mol. The summed E-state index contributed by atoms with van der Waals surface area (Å²) < 4.78 is 20.6. The smallest absolute Gasteiger partial charge is 0.360 e. The molecular weight excluding hydrogens is 207 g/mol. The second-order valence-corrected chi connectivity index (χ2v) is 4.30. The molecular formula is C7H11N2O4P. The highest BCUT2D eigenvalue weighted by atomic mass is 31.2. The minimum absolute atomic E-state index is 0.638. The van der Waals surface area contributed by atoms with Crippen LogP contribution in [-0.4, -0.2) is 30.2 Å². The summed E-state index contributed by atoms with van der Waals surface area (Å²) in [5.74, 6) is -0.720. The molecule has 0 saturated carbocycles. The fraction of sp³-hybridized carbons (Fsp3) is 0.429. The summed E-state index contributed by atoms with van der Waals surface area (Å²) in [6, 6.07) is 0. The van der Waals surface area contributed by atoms with E-state index >= 15 is 0 Å². The zero-order valence-corrected chi connectivity index (χ0v) is 9.02. The van der Waals surface area contributed by atoms with Gasteiger partial charge in [0.25, 0.3) is 5.78 Å². The van der Waals surface area contributed by atoms with E-state index in [2.05, 4.69) is 13.8 Å². The van der Waals surface area contributed by atoms with Crippen LogP contribution in [0, 0.1) is 0 Å². The SMILES string of the molecule is C/C=C/C(=O)C(=[N+]=[N-])P(=O)(OC)OC. The lowest BCUT2D eigenvalue weighted by Gasteiger charge is -2.06. The van der Waals surface area contributed by atoms with Crippen LogP contribution in [0.1, 0.15) is 6.92 Å². The van der Waals surface area contributed by atoms with Gasteiger partial charge in [0, 0.05) is 14.2 Å². The molecule has 78 valence electrons. The molecule has 0 aromatic rings. The number of hydrogen-bond acceptors (Lipinski definition) is 4. The van der Waals surface area contributed by atoms with E-state index < -0.39 is 18.8 Å². The molecule has 0 heterocycles. The van der Waals surface area contributed by atoms with E-state index in [1.807, 2.05) is 0 Å². The van der Waals surface area contributed by atoms with Gasteiger partial charge in [-0.05, 0) is 13.0 Å². The van der Waals surface area contributed by atoms with Gasteiger partial charge in [-0.1, -0.05) is 6.08 Å². The normalized spacial score (nSPS) is 11.4. The molecule has 0 amide bonds. The third-order valence-electron chi connectivity index (χ3n) is 1.37. The quantitative estimate of drug-likeness (QED) is 0.228. The van der Waals surface area contributed by atoms with Crippen molar-refractivity contribution in [2.24, 2.45) is 0 Å². The summed E-state index contributed by atoms with van der Waals surface area (Å²) in [5.41, 5.74) is 7.88. The summed E-state index contributed by atoms with van der Waals surface area (Å²) in [7, 11) is -1.59. The monoisotopic (exact) mass is 218 g/mol. The Hall–Kier alpha value is -1.06. The lowest BCUT2D eigenvalue weighted by atomic mass is 10.4. The van der Waals surface area contributed by atoms with E-state index in [1.54, 1.807) is 6.92 Å². The van der Waals surface area contributed by atoms with Crippen molar-refractivity contribution in [1.82, 2.24) is 0 Å². The maximum atomic E-state index is 11.6. The second kappa shape index (κ2) is 5.62. The molecule has 0 fully saturated rings. The molecule has 0 spiro atoms. The Balaban J connectivity index is 5.21. The Bertz CT molecular complexity index is 336. The summed E-state index contributed by atoms with van der Waals surface area (Å²) >= 11 is 0. The van der Waals surface area contributed by atoms with Crippen LogP contribution in [-0.2, 0) is 18.4 Å². The molecule has 0 radical (unpaired) electrons. The second-order valence-electron chi connectivity index (χ2n) is 2.15. The minimum atomic E-state index is -3.78. The maximum Gasteiger partial charge on any atom is 0.448 e. The Morgan fingerprint density at radius 3 is 2.21 bits per heavy atom. The Kier molecular flexibility index (Phi) is 5.20. The first kappa shape index (κ1) is 12.9. The standard InChI is InChI=1S/C7H11N2O4P/c1-4-5-6(10)7(9-8)14(11,12-2)13-3/h4-5H,1-3H3/b5-4+. The Morgan fingerprint density at radius 2 is 1.93 bits per heavy atom. The van der Waals surface area contributed by atoms with Crippen LogP contribution in [0.15, 0.2) is 12.2 Å². The summed E-state index contributed by atoms with van der Waals surface area (Å²) in [6.07, 6.45) is 2.52. The number of ketones is 1. The van der Waals surface area contributed by atoms with Crippen LogP contribution in [0.2, 0.25) is 0 Å². The molecule has 0 aliphatic carbocycles. The molecule has 0 aliphatic heterocycles. The largest absolute Gasteiger partial charge is 0.448 e. The van der Waals surface area contributed by atoms with Gasteiger partial charge in [0.15, 0.2) is 0 Å². The molecule has 14 heavy (non-hydrogen) atoms. The molecule has 0 aromatic heterocycles. The van der Waals surface area contributed by atoms with Crippen LogP contribution < -0.4 is 0 Å². The highest BCUT2D eigenvalue weighted by Crippen LogP contribution is 2.47. The molecule has 0 aromatic carbocycles. The van der Waals surface area contributed by atoms with Crippen molar-refractivity contribution < 1.29 is 23.2 Å². The van der Waals surface area contributed by atoms with Crippen LogP contribution in [0.5, 0.6) is 0 Å². The maximum absolute atomic E-state index is 11.6. The first-order valence-corrected chi connectivity index (χ1v) is 5.21. The third kappa shape index (κ3) is 2.72. The number of allylic oxidation sites excluding steroid dienone is 2. The number of rotatable bonds is 5. The molecule has 7 heteroatoms. The van der Waals surface area contributed by atoms with E-state index in [4.69, 9.17) is 5.53 Å². The predicted octanol–water partition coefficient (Wildman–Crippen LogP) is 1.25. The van der Waals surface area contributed by atoms with E-state index in [0.29, 0.717) is 0 Å². The van der Waals surface area contributed by atoms with Crippen LogP contribution in [0.4, 0.5) is 0 Å². The average Bonchev–Trinajstić information content (AvgIpc) is 2.19. The first-order valence-electron chi connectivity index (χ1n) is 3.66. The van der Waals surface area contributed by atoms with Crippen molar-refractivity contribution in [3.05, 3.63) is 17.7 Å². The number of carbonyl (C=O) groups excluding carboxylic acids is 1. The Labute approximate surface area is 81.7 Å². The topological polar surface area (TPSA) is 89.0 Å². The van der Waals surface area contributed by atoms with Crippen molar-refractivity contribution in [2.45, 2.75) is 6.92 Å². The van der Waals surface area contributed by atoms with Crippen LogP contribution >= 0.6 is 7.60 Å². The zero-order valence-electron chi connectivity index (χ0n) is 8.13. The number of nitrogens with zero attached hydrogens (tertiary/aromatic N) is 2. The van der Waals surface area contributed by atoms with Gasteiger partial charge in [-0.15, -0.1) is 0 Å². The third-order valence-corrected chi connectivity index (χ3v) is 3.16. The highest BCUT2D eigenvalue weighted by molar-refractivity contribution is 7.74. The lowest BCUT2D eigenvalue weighted by Crippen LogP contribution is -2.15. The number of hydrogen-bond donors (Lipinski definition) is 0. The molecule has 0 rings (SSSR count). The summed E-state index contributed by atoms with van der Waals surface area (Å²) in [5, 5.41) is 0. The Morgan fingerprint density at radius 1 is 1.43 bits per heavy atom. The van der Waals surface area contributed by atoms with Gasteiger partial charge in [0.1, 0.15) is 0 Å². The van der Waals surface area contributed by atoms with Crippen molar-refractivity contribution in [2.75, 3.05) is 14.2 Å². The van der Waals surface area contributed by atoms with E-state index in [1.165, 1.54) is 6.08 Å². The van der Waals surface area contributed by atoms with Gasteiger partial charge in [0.2, 0.25) is 0 Å². The van der Waals surface area contributed by atoms with Crippen molar-refractivity contribution >= 4 is 18.8 Å². The van der Waals surface area contributed by atoms with Gasteiger partial charge < -0.3 is 14.6 Å². The summed E-state index contributed by atoms with van der Waals surface area (Å²) in [6.45, 7) is 1.59. The van der Waals surface area contributed by atoms with Gasteiger partial charge >= 0.3 is 13.0 Å². The lowest BCUT2D eigenvalue weighted by molar-refractivity contribution is -0.112. The molecule has 0 bridgehead atoms. The van der Waals surface area contributed by atoms with Gasteiger partial charge in [-0.25, -0.2) is 4.57 Å². The fourth-order valence-corrected chi connectivity index (χ4v) is 1.66. The van der Waals surface area contributed by atoms with Gasteiger partial charge in [-0.2, -0.15) is 4.79 Å². The fourth-order valence-electron chi connectivity index (χ4n) is 0.712. The van der Waals surface area contributed by atoms with Crippen LogP contribution in [0.25, 0.3) is 5.53 Å².